The van der Waals surface area contributed by atoms with E-state index in [1.807, 2.05) is 17.9 Å². The van der Waals surface area contributed by atoms with E-state index in [1.165, 1.54) is 12.4 Å². The van der Waals surface area contributed by atoms with Gasteiger partial charge in [-0.3, -0.25) is 10.1 Å². The smallest absolute Gasteiger partial charge is 0.162 e. The standard InChI is InChI=1S/C25H23Cl2N7O3/c1-13(22-17(26)8-30-9-18(22)27)37-21-4-16-19(5-20(21)36-2)32-33-23(16)15-3-14(6-28)24(31-7-15)34-10-25(29,11-34)12-35/h3-5,7-9,13,35H,10-12,29H2,1-2H3,(H,32,33)/t13-/m1/s1. The van der Waals surface area contributed by atoms with Crippen molar-refractivity contribution in [1.82, 2.24) is 20.2 Å². The van der Waals surface area contributed by atoms with Gasteiger partial charge in [0.25, 0.3) is 0 Å². The first-order chi connectivity index (χ1) is 17.8. The molecule has 1 aliphatic rings. The van der Waals surface area contributed by atoms with Gasteiger partial charge in [-0.05, 0) is 19.1 Å². The zero-order valence-electron chi connectivity index (χ0n) is 20.0. The number of fused-ring (bicyclic) bond motifs is 1. The number of methoxy groups -OCH3 is 1. The number of aromatic amines is 1. The molecule has 1 aliphatic heterocycles. The van der Waals surface area contributed by atoms with Crippen LogP contribution >= 0.6 is 23.2 Å². The second-order valence-electron chi connectivity index (χ2n) is 8.98. The summed E-state index contributed by atoms with van der Waals surface area (Å²) in [6, 6.07) is 7.53. The minimum atomic E-state index is -0.678. The minimum absolute atomic E-state index is 0.130. The van der Waals surface area contributed by atoms with Crippen molar-refractivity contribution in [3.05, 3.63) is 58.0 Å². The Balaban J connectivity index is 1.50. The summed E-state index contributed by atoms with van der Waals surface area (Å²) < 4.78 is 11.8. The number of halogens is 2. The Morgan fingerprint density at radius 2 is 1.95 bits per heavy atom. The summed E-state index contributed by atoms with van der Waals surface area (Å²) in [5.41, 5.74) is 8.34. The van der Waals surface area contributed by atoms with Crippen molar-refractivity contribution in [2.75, 3.05) is 31.7 Å². The molecule has 0 saturated carbocycles. The number of aromatic nitrogens is 4. The number of hydrogen-bond acceptors (Lipinski definition) is 9. The van der Waals surface area contributed by atoms with Crippen LogP contribution < -0.4 is 20.1 Å². The van der Waals surface area contributed by atoms with E-state index in [0.29, 0.717) is 68.4 Å². The Kier molecular flexibility index (Phi) is 6.56. The van der Waals surface area contributed by atoms with Crippen LogP contribution in [0.25, 0.3) is 22.2 Å². The number of ether oxygens (including phenoxy) is 2. The summed E-state index contributed by atoms with van der Waals surface area (Å²) in [5.74, 6) is 1.48. The van der Waals surface area contributed by atoms with Crippen LogP contribution in [0.15, 0.2) is 36.8 Å². The lowest BCUT2D eigenvalue weighted by atomic mass is 9.91. The minimum Gasteiger partial charge on any atom is -0.493 e. The number of nitrogens with two attached hydrogens (primary N) is 1. The average Bonchev–Trinajstić information content (AvgIpc) is 3.28. The van der Waals surface area contributed by atoms with Crippen LogP contribution in [-0.2, 0) is 0 Å². The number of nitriles is 1. The third kappa shape index (κ3) is 4.51. The maximum atomic E-state index is 9.79. The van der Waals surface area contributed by atoms with Crippen molar-refractivity contribution < 1.29 is 14.6 Å². The Labute approximate surface area is 222 Å². The molecule has 1 atom stereocenters. The van der Waals surface area contributed by atoms with Crippen molar-refractivity contribution in [3.63, 3.8) is 0 Å². The van der Waals surface area contributed by atoms with E-state index < -0.39 is 11.6 Å². The third-order valence-corrected chi connectivity index (χ3v) is 6.94. The Morgan fingerprint density at radius 3 is 2.59 bits per heavy atom. The number of anilines is 1. The Morgan fingerprint density at radius 1 is 1.22 bits per heavy atom. The molecule has 0 unspecified atom stereocenters. The van der Waals surface area contributed by atoms with Gasteiger partial charge in [0, 0.05) is 54.3 Å². The van der Waals surface area contributed by atoms with E-state index in [0.717, 1.165) is 5.39 Å². The van der Waals surface area contributed by atoms with Gasteiger partial charge in [0.15, 0.2) is 11.5 Å². The summed E-state index contributed by atoms with van der Waals surface area (Å²) in [4.78, 5) is 10.4. The zero-order valence-corrected chi connectivity index (χ0v) is 21.5. The second-order valence-corrected chi connectivity index (χ2v) is 9.80. The first-order valence-corrected chi connectivity index (χ1v) is 12.1. The molecule has 0 radical (unpaired) electrons. The maximum absolute atomic E-state index is 9.79. The molecular formula is C25H23Cl2N7O3. The Hall–Kier alpha value is -3.62. The summed E-state index contributed by atoms with van der Waals surface area (Å²) in [6.45, 7) is 2.53. The molecule has 5 rings (SSSR count). The van der Waals surface area contributed by atoms with E-state index in [1.54, 1.807) is 25.4 Å². The van der Waals surface area contributed by atoms with Crippen molar-refractivity contribution in [1.29, 1.82) is 5.26 Å². The van der Waals surface area contributed by atoms with Crippen molar-refractivity contribution in [3.8, 4) is 28.8 Å². The molecule has 10 nitrogen and oxygen atoms in total. The van der Waals surface area contributed by atoms with Crippen molar-refractivity contribution >= 4 is 39.9 Å². The quantitative estimate of drug-likeness (QED) is 0.318. The highest BCUT2D eigenvalue weighted by atomic mass is 35.5. The van der Waals surface area contributed by atoms with Crippen LogP contribution in [0.1, 0.15) is 24.2 Å². The van der Waals surface area contributed by atoms with Crippen LogP contribution in [0.2, 0.25) is 10.0 Å². The molecule has 3 aromatic heterocycles. The van der Waals surface area contributed by atoms with Gasteiger partial charge in [0.2, 0.25) is 0 Å². The summed E-state index contributed by atoms with van der Waals surface area (Å²) in [5, 5.41) is 28.2. The SMILES string of the molecule is COc1cc2[nH]nc(-c3cnc(N4CC(N)(CO)C4)c(C#N)c3)c2cc1O[C@H](C)c1c(Cl)cncc1Cl. The molecule has 0 spiro atoms. The van der Waals surface area contributed by atoms with Crippen LogP contribution in [0.5, 0.6) is 11.5 Å². The predicted octanol–water partition coefficient (Wildman–Crippen LogP) is 3.86. The van der Waals surface area contributed by atoms with Crippen LogP contribution in [0.3, 0.4) is 0 Å². The molecular weight excluding hydrogens is 517 g/mol. The number of aliphatic hydroxyl groups excluding tert-OH is 1. The number of aliphatic hydroxyl groups is 1. The number of hydrogen-bond donors (Lipinski definition) is 3. The summed E-state index contributed by atoms with van der Waals surface area (Å²) in [7, 11) is 1.55. The molecule has 0 amide bonds. The van der Waals surface area contributed by atoms with Gasteiger partial charge >= 0.3 is 0 Å². The maximum Gasteiger partial charge on any atom is 0.162 e. The van der Waals surface area contributed by atoms with Crippen molar-refractivity contribution in [2.45, 2.75) is 18.6 Å². The van der Waals surface area contributed by atoms with Gasteiger partial charge in [-0.2, -0.15) is 10.4 Å². The predicted molar refractivity (Wildman–Crippen MR) is 140 cm³/mol. The van der Waals surface area contributed by atoms with Gasteiger partial charge in [0.05, 0.1) is 40.4 Å². The zero-order chi connectivity index (χ0) is 26.3. The first kappa shape index (κ1) is 25.0. The number of nitrogens with zero attached hydrogens (tertiary/aromatic N) is 5. The molecule has 37 heavy (non-hydrogen) atoms. The molecule has 1 fully saturated rings. The number of H-pyrrole nitrogens is 1. The van der Waals surface area contributed by atoms with Crippen LogP contribution in [-0.4, -0.2) is 57.6 Å². The summed E-state index contributed by atoms with van der Waals surface area (Å²) >= 11 is 12.6. The highest BCUT2D eigenvalue weighted by Gasteiger charge is 2.40. The van der Waals surface area contributed by atoms with Crippen molar-refractivity contribution in [2.24, 2.45) is 5.73 Å². The lowest BCUT2D eigenvalue weighted by Gasteiger charge is -2.47. The molecule has 4 N–H and O–H groups in total. The average molecular weight is 540 g/mol. The second kappa shape index (κ2) is 9.68. The van der Waals surface area contributed by atoms with E-state index in [4.69, 9.17) is 38.4 Å². The van der Waals surface area contributed by atoms with Gasteiger partial charge in [-0.15, -0.1) is 0 Å². The molecule has 0 aliphatic carbocycles. The fourth-order valence-corrected chi connectivity index (χ4v) is 5.11. The summed E-state index contributed by atoms with van der Waals surface area (Å²) in [6.07, 6.45) is 4.18. The largest absolute Gasteiger partial charge is 0.493 e. The third-order valence-electron chi connectivity index (χ3n) is 6.33. The van der Waals surface area contributed by atoms with Gasteiger partial charge in [0.1, 0.15) is 23.7 Å². The molecule has 190 valence electrons. The molecule has 4 heterocycles. The number of benzene rings is 1. The normalized spacial score (nSPS) is 15.2. The van der Waals surface area contributed by atoms with Gasteiger partial charge < -0.3 is 25.2 Å². The van der Waals surface area contributed by atoms with E-state index in [2.05, 4.69) is 26.2 Å². The first-order valence-electron chi connectivity index (χ1n) is 11.3. The molecule has 12 heteroatoms. The fraction of sp³-hybridized carbons (Fsp3) is 0.280. The number of pyridine rings is 2. The molecule has 1 aromatic carbocycles. The molecule has 1 saturated heterocycles. The molecule has 4 aromatic rings. The van der Waals surface area contributed by atoms with Crippen LogP contribution in [0.4, 0.5) is 5.82 Å². The highest BCUT2D eigenvalue weighted by molar-refractivity contribution is 6.35. The monoisotopic (exact) mass is 539 g/mol. The number of nitrogens with one attached hydrogen (secondary N) is 1. The van der Waals surface area contributed by atoms with Crippen LogP contribution in [0, 0.1) is 11.3 Å². The van der Waals surface area contributed by atoms with E-state index in [-0.39, 0.29) is 6.61 Å². The lowest BCUT2D eigenvalue weighted by molar-refractivity contribution is 0.166. The van der Waals surface area contributed by atoms with E-state index >= 15 is 0 Å². The Bertz CT molecular complexity index is 1510. The molecule has 0 bridgehead atoms. The topological polar surface area (TPSA) is 146 Å². The number of rotatable bonds is 7. The fourth-order valence-electron chi connectivity index (χ4n) is 4.44. The van der Waals surface area contributed by atoms with Gasteiger partial charge in [-0.25, -0.2) is 4.98 Å². The van der Waals surface area contributed by atoms with E-state index in [9.17, 15) is 10.4 Å². The highest BCUT2D eigenvalue weighted by Crippen LogP contribution is 2.40. The lowest BCUT2D eigenvalue weighted by Crippen LogP contribution is -2.69. The van der Waals surface area contributed by atoms with Gasteiger partial charge in [-0.1, -0.05) is 23.2 Å².